The highest BCUT2D eigenvalue weighted by molar-refractivity contribution is 6.13. The van der Waals surface area contributed by atoms with Gasteiger partial charge in [0.2, 0.25) is 0 Å². The van der Waals surface area contributed by atoms with Crippen molar-refractivity contribution in [2.45, 2.75) is 13.8 Å². The van der Waals surface area contributed by atoms with Gasteiger partial charge in [0.05, 0.1) is 0 Å². The van der Waals surface area contributed by atoms with Crippen molar-refractivity contribution in [2.24, 2.45) is 5.92 Å². The van der Waals surface area contributed by atoms with Crippen LogP contribution in [0.1, 0.15) is 24.2 Å². The second-order valence-corrected chi connectivity index (χ2v) is 5.59. The number of rotatable bonds is 3. The molecule has 0 radical (unpaired) electrons. The summed E-state index contributed by atoms with van der Waals surface area (Å²) in [5.41, 5.74) is 3.09. The Morgan fingerprint density at radius 3 is 2.14 bits per heavy atom. The van der Waals surface area contributed by atoms with Crippen LogP contribution in [0.3, 0.4) is 0 Å². The van der Waals surface area contributed by atoms with Crippen LogP contribution in [-0.4, -0.2) is 5.78 Å². The lowest BCUT2D eigenvalue weighted by atomic mass is 9.90. The van der Waals surface area contributed by atoms with Gasteiger partial charge in [-0.05, 0) is 16.5 Å². The highest BCUT2D eigenvalue weighted by Gasteiger charge is 2.16. The Kier molecular flexibility index (Phi) is 3.57. The third-order valence-electron chi connectivity index (χ3n) is 3.78. The van der Waals surface area contributed by atoms with E-state index in [1.165, 1.54) is 0 Å². The third-order valence-corrected chi connectivity index (χ3v) is 3.78. The predicted octanol–water partition coefficient (Wildman–Crippen LogP) is 5.35. The van der Waals surface area contributed by atoms with E-state index in [1.807, 2.05) is 50.2 Å². The van der Waals surface area contributed by atoms with E-state index < -0.39 is 0 Å². The molecule has 104 valence electrons. The first-order valence-corrected chi connectivity index (χ1v) is 7.30. The Morgan fingerprint density at radius 2 is 1.48 bits per heavy atom. The minimum absolute atomic E-state index is 0.000528. The maximum absolute atomic E-state index is 12.5. The summed E-state index contributed by atoms with van der Waals surface area (Å²) in [7, 11) is 0. The molecule has 0 heterocycles. The lowest BCUT2D eigenvalue weighted by Gasteiger charge is -2.13. The van der Waals surface area contributed by atoms with E-state index in [-0.39, 0.29) is 11.7 Å². The molecule has 3 aromatic rings. The average molecular weight is 274 g/mol. The quantitative estimate of drug-likeness (QED) is 0.589. The van der Waals surface area contributed by atoms with Crippen LogP contribution in [0.2, 0.25) is 0 Å². The lowest BCUT2D eigenvalue weighted by Crippen LogP contribution is -2.08. The van der Waals surface area contributed by atoms with Crippen LogP contribution in [0.5, 0.6) is 0 Å². The molecule has 0 bridgehead atoms. The number of ketones is 1. The molecular formula is C20H18O. The Labute approximate surface area is 125 Å². The molecule has 0 aliphatic rings. The van der Waals surface area contributed by atoms with Gasteiger partial charge in [-0.15, -0.1) is 0 Å². The van der Waals surface area contributed by atoms with Gasteiger partial charge >= 0.3 is 0 Å². The van der Waals surface area contributed by atoms with E-state index in [4.69, 9.17) is 0 Å². The van der Waals surface area contributed by atoms with Crippen molar-refractivity contribution in [2.75, 3.05) is 0 Å². The molecule has 0 atom stereocenters. The Bertz CT molecular complexity index is 780. The maximum atomic E-state index is 12.5. The topological polar surface area (TPSA) is 17.1 Å². The predicted molar refractivity (Wildman–Crippen MR) is 88.6 cm³/mol. The van der Waals surface area contributed by atoms with Gasteiger partial charge in [-0.1, -0.05) is 80.6 Å². The van der Waals surface area contributed by atoms with Gasteiger partial charge in [0, 0.05) is 16.9 Å². The Hall–Kier alpha value is -2.41. The number of fused-ring (bicyclic) bond motifs is 1. The van der Waals surface area contributed by atoms with Crippen molar-refractivity contribution >= 4 is 16.6 Å². The molecule has 0 spiro atoms. The summed E-state index contributed by atoms with van der Waals surface area (Å²) in [5, 5.41) is 2.17. The van der Waals surface area contributed by atoms with E-state index in [2.05, 4.69) is 30.3 Å². The number of carbonyl (C=O) groups is 1. The van der Waals surface area contributed by atoms with Crippen LogP contribution < -0.4 is 0 Å². The summed E-state index contributed by atoms with van der Waals surface area (Å²) in [4.78, 5) is 12.5. The van der Waals surface area contributed by atoms with Gasteiger partial charge in [-0.25, -0.2) is 0 Å². The minimum atomic E-state index is -0.000528. The minimum Gasteiger partial charge on any atom is -0.294 e. The van der Waals surface area contributed by atoms with Gasteiger partial charge in [-0.3, -0.25) is 4.79 Å². The van der Waals surface area contributed by atoms with Gasteiger partial charge in [0.25, 0.3) is 0 Å². The van der Waals surface area contributed by atoms with Gasteiger partial charge in [0.1, 0.15) is 0 Å². The number of benzene rings is 3. The molecule has 1 heteroatoms. The van der Waals surface area contributed by atoms with Crippen molar-refractivity contribution in [3.8, 4) is 11.1 Å². The molecule has 0 aliphatic heterocycles. The second-order valence-electron chi connectivity index (χ2n) is 5.59. The van der Waals surface area contributed by atoms with Crippen LogP contribution in [0.15, 0.2) is 66.7 Å². The molecule has 0 saturated carbocycles. The summed E-state index contributed by atoms with van der Waals surface area (Å²) < 4.78 is 0. The maximum Gasteiger partial charge on any atom is 0.166 e. The fraction of sp³-hybridized carbons (Fsp3) is 0.150. The lowest BCUT2D eigenvalue weighted by molar-refractivity contribution is 0.0941. The standard InChI is InChI=1S/C20H18O/c1-14(2)20(21)18-13-7-11-16-10-6-12-17(19(16)18)15-8-4-3-5-9-15/h3-14H,1-2H3. The SMILES string of the molecule is CC(C)C(=O)c1cccc2cccc(-c3ccccc3)c12. The second kappa shape index (κ2) is 5.53. The molecule has 3 aromatic carbocycles. The average Bonchev–Trinajstić information content (AvgIpc) is 2.53. The van der Waals surface area contributed by atoms with Crippen molar-refractivity contribution in [1.82, 2.24) is 0 Å². The zero-order chi connectivity index (χ0) is 14.8. The van der Waals surface area contributed by atoms with Crippen molar-refractivity contribution in [3.05, 3.63) is 72.3 Å². The summed E-state index contributed by atoms with van der Waals surface area (Å²) >= 11 is 0. The molecule has 0 aromatic heterocycles. The Morgan fingerprint density at radius 1 is 0.810 bits per heavy atom. The number of carbonyl (C=O) groups excluding carboxylic acids is 1. The smallest absolute Gasteiger partial charge is 0.166 e. The largest absolute Gasteiger partial charge is 0.294 e. The van der Waals surface area contributed by atoms with E-state index in [1.54, 1.807) is 0 Å². The van der Waals surface area contributed by atoms with Crippen LogP contribution in [0.4, 0.5) is 0 Å². The number of hydrogen-bond acceptors (Lipinski definition) is 1. The molecule has 0 amide bonds. The fourth-order valence-electron chi connectivity index (χ4n) is 2.72. The Balaban J connectivity index is 2.34. The van der Waals surface area contributed by atoms with Crippen molar-refractivity contribution in [1.29, 1.82) is 0 Å². The molecule has 3 rings (SSSR count). The van der Waals surface area contributed by atoms with Crippen LogP contribution in [0, 0.1) is 5.92 Å². The van der Waals surface area contributed by atoms with Gasteiger partial charge in [0.15, 0.2) is 5.78 Å². The van der Waals surface area contributed by atoms with Crippen molar-refractivity contribution < 1.29 is 4.79 Å². The van der Waals surface area contributed by atoms with Crippen molar-refractivity contribution in [3.63, 3.8) is 0 Å². The molecular weight excluding hydrogens is 256 g/mol. The summed E-state index contributed by atoms with van der Waals surface area (Å²) in [6.07, 6.45) is 0. The highest BCUT2D eigenvalue weighted by atomic mass is 16.1. The zero-order valence-corrected chi connectivity index (χ0v) is 12.3. The number of hydrogen-bond donors (Lipinski definition) is 0. The first-order chi connectivity index (χ1) is 10.2. The van der Waals surface area contributed by atoms with Crippen LogP contribution >= 0.6 is 0 Å². The first kappa shape index (κ1) is 13.6. The zero-order valence-electron chi connectivity index (χ0n) is 12.3. The van der Waals surface area contributed by atoms with Gasteiger partial charge in [-0.2, -0.15) is 0 Å². The first-order valence-electron chi connectivity index (χ1n) is 7.30. The fourth-order valence-corrected chi connectivity index (χ4v) is 2.72. The van der Waals surface area contributed by atoms with E-state index in [0.717, 1.165) is 27.5 Å². The normalized spacial score (nSPS) is 11.0. The molecule has 21 heavy (non-hydrogen) atoms. The highest BCUT2D eigenvalue weighted by Crippen LogP contribution is 2.32. The van der Waals surface area contributed by atoms with Crippen LogP contribution in [-0.2, 0) is 0 Å². The molecule has 0 fully saturated rings. The number of Topliss-reactive ketones (excluding diaryl/α,β-unsaturated/α-hetero) is 1. The van der Waals surface area contributed by atoms with Gasteiger partial charge < -0.3 is 0 Å². The molecule has 0 aliphatic carbocycles. The van der Waals surface area contributed by atoms with E-state index >= 15 is 0 Å². The molecule has 0 N–H and O–H groups in total. The van der Waals surface area contributed by atoms with E-state index in [9.17, 15) is 4.79 Å². The summed E-state index contributed by atoms with van der Waals surface area (Å²) in [6, 6.07) is 22.4. The molecule has 1 nitrogen and oxygen atoms in total. The molecule has 0 unspecified atom stereocenters. The monoisotopic (exact) mass is 274 g/mol. The summed E-state index contributed by atoms with van der Waals surface area (Å²) in [6.45, 7) is 3.90. The third kappa shape index (κ3) is 2.47. The van der Waals surface area contributed by atoms with E-state index in [0.29, 0.717) is 0 Å². The van der Waals surface area contributed by atoms with Crippen LogP contribution in [0.25, 0.3) is 21.9 Å². The summed E-state index contributed by atoms with van der Waals surface area (Å²) in [5.74, 6) is 0.198. The molecule has 0 saturated heterocycles.